The van der Waals surface area contributed by atoms with Gasteiger partial charge in [0, 0.05) is 11.3 Å². The molecule has 0 radical (unpaired) electrons. The number of carbonyl (C=O) groups excluding carboxylic acids is 2. The Balaban J connectivity index is 0.00000220. The smallest absolute Gasteiger partial charge is 0.333 e. The van der Waals surface area contributed by atoms with Crippen molar-refractivity contribution in [3.63, 3.8) is 0 Å². The second-order valence-corrected chi connectivity index (χ2v) is 5.92. The van der Waals surface area contributed by atoms with Crippen molar-refractivity contribution in [3.05, 3.63) is 22.4 Å². The summed E-state index contributed by atoms with van der Waals surface area (Å²) in [6, 6.07) is 2.99. The molecule has 2 atom stereocenters. The molecular formula is C14H21ClN2O3S. The first-order chi connectivity index (χ1) is 9.70. The zero-order valence-corrected chi connectivity index (χ0v) is 13.6. The van der Waals surface area contributed by atoms with Gasteiger partial charge in [-0.1, -0.05) is 6.07 Å². The predicted molar refractivity (Wildman–Crippen MR) is 84.7 cm³/mol. The maximum absolute atomic E-state index is 12.0. The number of nitrogens with one attached hydrogen (secondary N) is 2. The van der Waals surface area contributed by atoms with Crippen LogP contribution in [0.25, 0.3) is 0 Å². The molecule has 0 aromatic carbocycles. The van der Waals surface area contributed by atoms with Crippen LogP contribution in [0.4, 0.5) is 0 Å². The highest BCUT2D eigenvalue weighted by atomic mass is 35.5. The molecule has 0 saturated carbocycles. The third-order valence-electron chi connectivity index (χ3n) is 3.51. The number of hydrogen-bond donors (Lipinski definition) is 2. The molecule has 1 amide bonds. The number of esters is 1. The molecule has 21 heavy (non-hydrogen) atoms. The van der Waals surface area contributed by atoms with E-state index in [2.05, 4.69) is 10.6 Å². The predicted octanol–water partition coefficient (Wildman–Crippen LogP) is 1.89. The van der Waals surface area contributed by atoms with Gasteiger partial charge in [-0.05, 0) is 43.3 Å². The minimum Gasteiger partial charge on any atom is -0.467 e. The summed E-state index contributed by atoms with van der Waals surface area (Å²) >= 11 is 1.43. The lowest BCUT2D eigenvalue weighted by molar-refractivity contribution is -0.145. The van der Waals surface area contributed by atoms with Crippen molar-refractivity contribution in [3.8, 4) is 0 Å². The highest BCUT2D eigenvalue weighted by Crippen LogP contribution is 2.21. The van der Waals surface area contributed by atoms with Gasteiger partial charge in [0.15, 0.2) is 6.04 Å². The molecule has 1 saturated heterocycles. The normalized spacial score (nSPS) is 18.6. The van der Waals surface area contributed by atoms with Crippen molar-refractivity contribution in [2.45, 2.75) is 25.3 Å². The molecule has 0 aliphatic carbocycles. The van der Waals surface area contributed by atoms with Crippen LogP contribution >= 0.6 is 23.7 Å². The Morgan fingerprint density at radius 3 is 2.95 bits per heavy atom. The van der Waals surface area contributed by atoms with E-state index in [0.29, 0.717) is 12.3 Å². The van der Waals surface area contributed by atoms with Gasteiger partial charge in [-0.3, -0.25) is 4.79 Å². The topological polar surface area (TPSA) is 67.4 Å². The monoisotopic (exact) mass is 332 g/mol. The molecule has 2 heterocycles. The molecule has 118 valence electrons. The largest absolute Gasteiger partial charge is 0.467 e. The Labute approximate surface area is 134 Å². The van der Waals surface area contributed by atoms with Crippen LogP contribution in [0, 0.1) is 5.92 Å². The Bertz CT molecular complexity index is 447. The molecule has 1 fully saturated rings. The third-order valence-corrected chi connectivity index (χ3v) is 4.45. The molecule has 1 aliphatic rings. The van der Waals surface area contributed by atoms with Crippen LogP contribution in [0.1, 0.15) is 30.2 Å². The summed E-state index contributed by atoms with van der Waals surface area (Å²) in [7, 11) is 1.33. The van der Waals surface area contributed by atoms with Gasteiger partial charge in [0.25, 0.3) is 0 Å². The number of rotatable bonds is 6. The van der Waals surface area contributed by atoms with Crippen molar-refractivity contribution >= 4 is 35.6 Å². The maximum atomic E-state index is 12.0. The van der Waals surface area contributed by atoms with Gasteiger partial charge in [-0.25, -0.2) is 4.79 Å². The summed E-state index contributed by atoms with van der Waals surface area (Å²) < 4.78 is 4.76. The van der Waals surface area contributed by atoms with E-state index in [9.17, 15) is 9.59 Å². The summed E-state index contributed by atoms with van der Waals surface area (Å²) in [4.78, 5) is 24.6. The van der Waals surface area contributed by atoms with E-state index in [1.165, 1.54) is 18.4 Å². The van der Waals surface area contributed by atoms with Crippen LogP contribution in [-0.2, 0) is 14.3 Å². The summed E-state index contributed by atoms with van der Waals surface area (Å²) in [5.41, 5.74) is 0. The fraction of sp³-hybridized carbons (Fsp3) is 0.571. The summed E-state index contributed by atoms with van der Waals surface area (Å²) in [5.74, 6) is 0.0445. The quantitative estimate of drug-likeness (QED) is 0.781. The van der Waals surface area contributed by atoms with Crippen molar-refractivity contribution in [2.24, 2.45) is 5.92 Å². The third kappa shape index (κ3) is 5.30. The zero-order chi connectivity index (χ0) is 14.4. The fourth-order valence-corrected chi connectivity index (χ4v) is 3.11. The van der Waals surface area contributed by atoms with Gasteiger partial charge in [0.05, 0.1) is 7.11 Å². The van der Waals surface area contributed by atoms with Gasteiger partial charge < -0.3 is 15.4 Å². The molecule has 2 unspecified atom stereocenters. The van der Waals surface area contributed by atoms with E-state index in [1.807, 2.05) is 17.5 Å². The maximum Gasteiger partial charge on any atom is 0.333 e. The average molecular weight is 333 g/mol. The lowest BCUT2D eigenvalue weighted by Gasteiger charge is -2.15. The van der Waals surface area contributed by atoms with Crippen molar-refractivity contribution in [2.75, 3.05) is 20.2 Å². The molecular weight excluding hydrogens is 312 g/mol. The molecule has 1 aromatic rings. The zero-order valence-electron chi connectivity index (χ0n) is 12.0. The molecule has 2 rings (SSSR count). The van der Waals surface area contributed by atoms with Gasteiger partial charge in [0.1, 0.15) is 0 Å². The minimum atomic E-state index is -0.686. The number of hydrogen-bond acceptors (Lipinski definition) is 5. The minimum absolute atomic E-state index is 0. The van der Waals surface area contributed by atoms with E-state index in [1.54, 1.807) is 0 Å². The lowest BCUT2D eigenvalue weighted by atomic mass is 10.0. The second-order valence-electron chi connectivity index (χ2n) is 4.94. The number of thiophene rings is 1. The number of carbonyl (C=O) groups is 2. The van der Waals surface area contributed by atoms with Gasteiger partial charge in [-0.2, -0.15) is 0 Å². The SMILES string of the molecule is COC(=O)C(NC(=O)CCC1CCNC1)c1cccs1.Cl. The number of ether oxygens (including phenoxy) is 1. The van der Waals surface area contributed by atoms with Crippen LogP contribution in [0.2, 0.25) is 0 Å². The van der Waals surface area contributed by atoms with Crippen molar-refractivity contribution < 1.29 is 14.3 Å². The Kier molecular flexibility index (Phi) is 7.71. The Morgan fingerprint density at radius 2 is 2.38 bits per heavy atom. The highest BCUT2D eigenvalue weighted by Gasteiger charge is 2.25. The van der Waals surface area contributed by atoms with Crippen LogP contribution in [0.15, 0.2) is 17.5 Å². The second kappa shape index (κ2) is 9.02. The summed E-state index contributed by atoms with van der Waals surface area (Å²) in [6.45, 7) is 2.02. The van der Waals surface area contributed by atoms with E-state index >= 15 is 0 Å². The molecule has 0 spiro atoms. The van der Waals surface area contributed by atoms with Gasteiger partial charge in [0.2, 0.25) is 5.91 Å². The van der Waals surface area contributed by atoms with E-state index in [-0.39, 0.29) is 18.3 Å². The van der Waals surface area contributed by atoms with Crippen molar-refractivity contribution in [1.82, 2.24) is 10.6 Å². The lowest BCUT2D eigenvalue weighted by Crippen LogP contribution is -2.34. The molecule has 2 N–H and O–H groups in total. The first-order valence-corrected chi connectivity index (χ1v) is 7.70. The number of amides is 1. The molecule has 0 bridgehead atoms. The van der Waals surface area contributed by atoms with Gasteiger partial charge >= 0.3 is 5.97 Å². The Hall–Kier alpha value is -1.11. The first-order valence-electron chi connectivity index (χ1n) is 6.82. The highest BCUT2D eigenvalue weighted by molar-refractivity contribution is 7.10. The van der Waals surface area contributed by atoms with E-state index < -0.39 is 12.0 Å². The van der Waals surface area contributed by atoms with Crippen LogP contribution < -0.4 is 10.6 Å². The van der Waals surface area contributed by atoms with Gasteiger partial charge in [-0.15, -0.1) is 23.7 Å². The van der Waals surface area contributed by atoms with Crippen molar-refractivity contribution in [1.29, 1.82) is 0 Å². The first kappa shape index (κ1) is 17.9. The number of halogens is 1. The Morgan fingerprint density at radius 1 is 1.57 bits per heavy atom. The number of methoxy groups -OCH3 is 1. The fourth-order valence-electron chi connectivity index (χ4n) is 2.35. The molecule has 7 heteroatoms. The molecule has 1 aliphatic heterocycles. The average Bonchev–Trinajstić information content (AvgIpc) is 3.14. The molecule has 5 nitrogen and oxygen atoms in total. The standard InChI is InChI=1S/C14H20N2O3S.ClH/c1-19-14(18)13(11-3-2-8-20-11)16-12(17)5-4-10-6-7-15-9-10;/h2-3,8,10,13,15H,4-7,9H2,1H3,(H,16,17);1H. The van der Waals surface area contributed by atoms with Crippen LogP contribution in [0.3, 0.4) is 0 Å². The van der Waals surface area contributed by atoms with Crippen LogP contribution in [0.5, 0.6) is 0 Å². The van der Waals surface area contributed by atoms with Crippen LogP contribution in [-0.4, -0.2) is 32.1 Å². The molecule has 1 aromatic heterocycles. The van der Waals surface area contributed by atoms with E-state index in [0.717, 1.165) is 30.8 Å². The summed E-state index contributed by atoms with van der Waals surface area (Å²) in [6.07, 6.45) is 2.43. The summed E-state index contributed by atoms with van der Waals surface area (Å²) in [5, 5.41) is 7.93. The van der Waals surface area contributed by atoms with E-state index in [4.69, 9.17) is 4.74 Å².